The number of ether oxygens (including phenoxy) is 1. The number of benzene rings is 2. The average molecular weight is 554 g/mol. The molecule has 2 aromatic carbocycles. The van der Waals surface area contributed by atoms with E-state index in [1.54, 1.807) is 49.4 Å². The number of carbonyl (C=O) groups is 2. The number of alkyl halides is 3. The van der Waals surface area contributed by atoms with Crippen molar-refractivity contribution in [2.24, 2.45) is 0 Å². The van der Waals surface area contributed by atoms with E-state index in [0.717, 1.165) is 17.8 Å². The number of amides is 1. The van der Waals surface area contributed by atoms with Crippen molar-refractivity contribution in [3.8, 4) is 6.07 Å². The molecule has 4 rings (SSSR count). The number of dihydropyridines is 1. The Bertz CT molecular complexity index is 1460. The van der Waals surface area contributed by atoms with Crippen LogP contribution in [-0.2, 0) is 20.5 Å². The number of anilines is 1. The summed E-state index contributed by atoms with van der Waals surface area (Å²) in [4.78, 5) is 25.9. The first-order valence-electron chi connectivity index (χ1n) is 11.7. The zero-order valence-electron chi connectivity index (χ0n) is 20.5. The van der Waals surface area contributed by atoms with Crippen molar-refractivity contribution >= 4 is 35.0 Å². The van der Waals surface area contributed by atoms with Gasteiger partial charge in [-0.15, -0.1) is 0 Å². The standard InChI is InChI=1S/C28H22F3N3O4S/c1-2-37-27(36)24-23(21-13-8-14-38-21)18(15-32)26(34-25(24)17-9-4-3-5-10-17)39-16-22(35)33-20-12-7-6-11-19(20)28(29,30)31/h3-14,23,34H,2,16H2,1H3,(H,33,35)/t23-/m0/s1. The third kappa shape index (κ3) is 6.18. The van der Waals surface area contributed by atoms with E-state index in [9.17, 15) is 28.0 Å². The number of carbonyl (C=O) groups excluding carboxylic acids is 2. The minimum atomic E-state index is -4.65. The van der Waals surface area contributed by atoms with Crippen LogP contribution in [0.1, 0.15) is 29.7 Å². The van der Waals surface area contributed by atoms with Crippen molar-refractivity contribution < 1.29 is 31.9 Å². The number of hydrogen-bond acceptors (Lipinski definition) is 7. The number of nitriles is 1. The second-order valence-electron chi connectivity index (χ2n) is 8.18. The lowest BCUT2D eigenvalue weighted by Crippen LogP contribution is -2.29. The van der Waals surface area contributed by atoms with Gasteiger partial charge in [0, 0.05) is 0 Å². The molecule has 200 valence electrons. The molecule has 0 fully saturated rings. The minimum absolute atomic E-state index is 0.0983. The van der Waals surface area contributed by atoms with Crippen LogP contribution in [0.15, 0.2) is 93.6 Å². The van der Waals surface area contributed by atoms with E-state index in [1.165, 1.54) is 24.5 Å². The molecule has 2 heterocycles. The average Bonchev–Trinajstić information content (AvgIpc) is 3.46. The van der Waals surface area contributed by atoms with E-state index in [2.05, 4.69) is 16.7 Å². The number of rotatable bonds is 8. The maximum absolute atomic E-state index is 13.3. The van der Waals surface area contributed by atoms with Crippen LogP contribution in [0.4, 0.5) is 18.9 Å². The lowest BCUT2D eigenvalue weighted by Gasteiger charge is -2.29. The normalized spacial score (nSPS) is 15.4. The number of allylic oxidation sites excluding steroid dienone is 1. The van der Waals surface area contributed by atoms with Gasteiger partial charge < -0.3 is 19.8 Å². The smallest absolute Gasteiger partial charge is 0.418 e. The zero-order chi connectivity index (χ0) is 28.0. The van der Waals surface area contributed by atoms with Crippen LogP contribution in [0.25, 0.3) is 5.70 Å². The van der Waals surface area contributed by atoms with Crippen LogP contribution in [0, 0.1) is 11.3 Å². The molecule has 1 atom stereocenters. The molecule has 0 saturated heterocycles. The number of esters is 1. The molecule has 39 heavy (non-hydrogen) atoms. The summed E-state index contributed by atoms with van der Waals surface area (Å²) < 4.78 is 51.0. The Kier molecular flexibility index (Phi) is 8.46. The SMILES string of the molecule is CCOC(=O)C1=C(c2ccccc2)NC(SCC(=O)Nc2ccccc2C(F)(F)F)=C(C#N)[C@H]1c1ccco1. The summed E-state index contributed by atoms with van der Waals surface area (Å²) in [5, 5.41) is 15.8. The predicted molar refractivity (Wildman–Crippen MR) is 140 cm³/mol. The first-order valence-corrected chi connectivity index (χ1v) is 12.7. The molecule has 11 heteroatoms. The summed E-state index contributed by atoms with van der Waals surface area (Å²) in [5.41, 5.74) is -0.105. The second kappa shape index (κ2) is 12.0. The maximum Gasteiger partial charge on any atom is 0.418 e. The monoisotopic (exact) mass is 553 g/mol. The molecule has 0 saturated carbocycles. The Morgan fingerprint density at radius 1 is 1.10 bits per heavy atom. The molecular formula is C28H22F3N3O4S. The fourth-order valence-corrected chi connectivity index (χ4v) is 4.90. The molecular weight excluding hydrogens is 531 g/mol. The third-order valence-corrected chi connectivity index (χ3v) is 6.71. The fourth-order valence-electron chi connectivity index (χ4n) is 4.06. The number of para-hydroxylation sites is 1. The van der Waals surface area contributed by atoms with E-state index in [4.69, 9.17) is 9.15 Å². The van der Waals surface area contributed by atoms with Gasteiger partial charge >= 0.3 is 12.1 Å². The first-order chi connectivity index (χ1) is 18.7. The van der Waals surface area contributed by atoms with Crippen molar-refractivity contribution in [3.05, 3.63) is 106 Å². The Morgan fingerprint density at radius 2 is 1.82 bits per heavy atom. The van der Waals surface area contributed by atoms with Crippen LogP contribution in [0.2, 0.25) is 0 Å². The summed E-state index contributed by atoms with van der Waals surface area (Å²) in [5.74, 6) is -2.31. The number of thioether (sulfide) groups is 1. The molecule has 0 aliphatic carbocycles. The third-order valence-electron chi connectivity index (χ3n) is 5.69. The number of hydrogen-bond donors (Lipinski definition) is 2. The summed E-state index contributed by atoms with van der Waals surface area (Å²) >= 11 is 0.922. The van der Waals surface area contributed by atoms with E-state index in [1.807, 2.05) is 0 Å². The summed E-state index contributed by atoms with van der Waals surface area (Å²) in [6.07, 6.45) is -3.23. The van der Waals surface area contributed by atoms with Crippen LogP contribution < -0.4 is 10.6 Å². The highest BCUT2D eigenvalue weighted by Gasteiger charge is 2.39. The first kappa shape index (κ1) is 27.6. The minimum Gasteiger partial charge on any atom is -0.468 e. The highest BCUT2D eigenvalue weighted by molar-refractivity contribution is 8.03. The molecule has 1 aromatic heterocycles. The molecule has 1 aliphatic heterocycles. The molecule has 0 spiro atoms. The van der Waals surface area contributed by atoms with Crippen LogP contribution in [0.5, 0.6) is 0 Å². The van der Waals surface area contributed by atoms with E-state index in [0.29, 0.717) is 17.0 Å². The quantitative estimate of drug-likeness (QED) is 0.327. The Labute approximate surface area is 226 Å². The highest BCUT2D eigenvalue weighted by atomic mass is 32.2. The van der Waals surface area contributed by atoms with Crippen molar-refractivity contribution in [2.75, 3.05) is 17.7 Å². The van der Waals surface area contributed by atoms with Gasteiger partial charge in [0.25, 0.3) is 0 Å². The van der Waals surface area contributed by atoms with Crippen molar-refractivity contribution in [1.82, 2.24) is 5.32 Å². The molecule has 1 aliphatic rings. The van der Waals surface area contributed by atoms with E-state index in [-0.39, 0.29) is 34.2 Å². The molecule has 3 aromatic rings. The van der Waals surface area contributed by atoms with Crippen LogP contribution in [-0.4, -0.2) is 24.2 Å². The molecule has 2 N–H and O–H groups in total. The van der Waals surface area contributed by atoms with Gasteiger partial charge in [-0.1, -0.05) is 54.2 Å². The zero-order valence-corrected chi connectivity index (χ0v) is 21.4. The topological polar surface area (TPSA) is 104 Å². The number of halogens is 3. The lowest BCUT2D eigenvalue weighted by molar-refractivity contribution is -0.139. The Balaban J connectivity index is 1.70. The molecule has 7 nitrogen and oxygen atoms in total. The van der Waals surface area contributed by atoms with Crippen LogP contribution >= 0.6 is 11.8 Å². The number of nitrogens with one attached hydrogen (secondary N) is 2. The van der Waals surface area contributed by atoms with Crippen molar-refractivity contribution in [2.45, 2.75) is 19.0 Å². The molecule has 0 radical (unpaired) electrons. The highest BCUT2D eigenvalue weighted by Crippen LogP contribution is 2.43. The van der Waals surface area contributed by atoms with E-state index < -0.39 is 29.5 Å². The molecule has 1 amide bonds. The number of nitrogens with zero attached hydrogens (tertiary/aromatic N) is 1. The van der Waals surface area contributed by atoms with Gasteiger partial charge in [-0.05, 0) is 36.8 Å². The van der Waals surface area contributed by atoms with Gasteiger partial charge in [0.2, 0.25) is 5.91 Å². The molecule has 0 bridgehead atoms. The van der Waals surface area contributed by atoms with Gasteiger partial charge in [-0.25, -0.2) is 4.79 Å². The Hall–Kier alpha value is -4.43. The fraction of sp³-hybridized carbons (Fsp3) is 0.179. The van der Waals surface area contributed by atoms with Crippen molar-refractivity contribution in [3.63, 3.8) is 0 Å². The largest absolute Gasteiger partial charge is 0.468 e. The van der Waals surface area contributed by atoms with Gasteiger partial charge in [0.05, 0.1) is 63.7 Å². The molecule has 0 unspecified atom stereocenters. The number of furan rings is 1. The Morgan fingerprint density at radius 3 is 2.46 bits per heavy atom. The second-order valence-corrected chi connectivity index (χ2v) is 9.17. The van der Waals surface area contributed by atoms with Gasteiger partial charge in [0.15, 0.2) is 0 Å². The summed E-state index contributed by atoms with van der Waals surface area (Å²) in [6.45, 7) is 1.76. The summed E-state index contributed by atoms with van der Waals surface area (Å²) in [6, 6.07) is 18.9. The van der Waals surface area contributed by atoms with Gasteiger partial charge in [0.1, 0.15) is 5.76 Å². The van der Waals surface area contributed by atoms with Gasteiger partial charge in [-0.2, -0.15) is 18.4 Å². The van der Waals surface area contributed by atoms with E-state index >= 15 is 0 Å². The van der Waals surface area contributed by atoms with Crippen LogP contribution in [0.3, 0.4) is 0 Å². The van der Waals surface area contributed by atoms with Crippen molar-refractivity contribution in [1.29, 1.82) is 5.26 Å². The predicted octanol–water partition coefficient (Wildman–Crippen LogP) is 6.07. The lowest BCUT2D eigenvalue weighted by atomic mass is 9.84. The van der Waals surface area contributed by atoms with Gasteiger partial charge in [-0.3, -0.25) is 4.79 Å². The summed E-state index contributed by atoms with van der Waals surface area (Å²) in [7, 11) is 0. The maximum atomic E-state index is 13.3.